The molecule has 0 saturated carbocycles. The zero-order valence-corrected chi connectivity index (χ0v) is 16.2. The number of hydrogen-bond acceptors (Lipinski definition) is 1. The summed E-state index contributed by atoms with van der Waals surface area (Å²) in [5, 5.41) is 8.55. The molecule has 1 N–H and O–H groups in total. The van der Waals surface area contributed by atoms with E-state index in [1.165, 1.54) is 83.5 Å². The van der Waals surface area contributed by atoms with E-state index in [0.717, 1.165) is 25.7 Å². The van der Waals surface area contributed by atoms with Crippen LogP contribution < -0.4 is 0 Å². The zero-order chi connectivity index (χ0) is 17.7. The molecule has 0 rings (SSSR count). The van der Waals surface area contributed by atoms with Gasteiger partial charge in [-0.2, -0.15) is 0 Å². The molecule has 0 saturated heterocycles. The molecule has 142 valence electrons. The number of rotatable bonds is 19. The quantitative estimate of drug-likeness (QED) is 0.194. The van der Waals surface area contributed by atoms with Gasteiger partial charge in [-0.25, -0.2) is 0 Å². The predicted molar refractivity (Wildman–Crippen MR) is 106 cm³/mol. The summed E-state index contributed by atoms with van der Waals surface area (Å²) in [6.45, 7) is 2.28. The Kier molecular flexibility index (Phi) is 19.6. The minimum absolute atomic E-state index is 0.328. The zero-order valence-electron chi connectivity index (χ0n) is 16.2. The fourth-order valence-electron chi connectivity index (χ4n) is 3.05. The average molecular weight is 339 g/mol. The van der Waals surface area contributed by atoms with Gasteiger partial charge in [-0.3, -0.25) is 4.79 Å². The highest BCUT2D eigenvalue weighted by Gasteiger charge is 1.95. The first-order chi connectivity index (χ1) is 11.8. The van der Waals surface area contributed by atoms with Crippen LogP contribution in [-0.4, -0.2) is 11.1 Å². The Morgan fingerprint density at radius 2 is 1.00 bits per heavy atom. The van der Waals surface area contributed by atoms with Crippen molar-refractivity contribution in [1.29, 1.82) is 0 Å². The maximum atomic E-state index is 10.4. The van der Waals surface area contributed by atoms with E-state index >= 15 is 0 Å². The van der Waals surface area contributed by atoms with Crippen LogP contribution in [0.2, 0.25) is 0 Å². The highest BCUT2D eigenvalue weighted by Crippen LogP contribution is 2.12. The minimum atomic E-state index is -0.665. The number of unbranched alkanes of at least 4 members (excludes halogenated alkanes) is 15. The molecule has 0 amide bonds. The first-order valence-corrected chi connectivity index (χ1v) is 10.6. The number of aliphatic carboxylic acids is 1. The summed E-state index contributed by atoms with van der Waals surface area (Å²) in [6.07, 6.45) is 27.1. The number of carbonyl (C=O) groups is 1. The van der Waals surface area contributed by atoms with Gasteiger partial charge in [0.1, 0.15) is 0 Å². The van der Waals surface area contributed by atoms with Crippen molar-refractivity contribution in [2.75, 3.05) is 0 Å². The molecule has 24 heavy (non-hydrogen) atoms. The van der Waals surface area contributed by atoms with Crippen molar-refractivity contribution < 1.29 is 9.90 Å². The summed E-state index contributed by atoms with van der Waals surface area (Å²) < 4.78 is 0. The van der Waals surface area contributed by atoms with Crippen molar-refractivity contribution in [3.8, 4) is 0 Å². The van der Waals surface area contributed by atoms with Gasteiger partial charge in [-0.15, -0.1) is 0 Å². The van der Waals surface area contributed by atoms with E-state index in [2.05, 4.69) is 19.1 Å². The normalized spacial score (nSPS) is 11.4. The van der Waals surface area contributed by atoms with Crippen LogP contribution in [0.25, 0.3) is 0 Å². The molecule has 0 unspecified atom stereocenters. The second-order valence-electron chi connectivity index (χ2n) is 7.14. The third-order valence-electron chi connectivity index (χ3n) is 4.65. The molecule has 0 radical (unpaired) electrons. The Hall–Kier alpha value is -0.790. The van der Waals surface area contributed by atoms with Crippen molar-refractivity contribution in [3.63, 3.8) is 0 Å². The highest BCUT2D eigenvalue weighted by atomic mass is 16.4. The van der Waals surface area contributed by atoms with Gasteiger partial charge in [0.15, 0.2) is 0 Å². The van der Waals surface area contributed by atoms with Gasteiger partial charge in [-0.05, 0) is 32.1 Å². The third kappa shape index (κ3) is 21.2. The van der Waals surface area contributed by atoms with Crippen molar-refractivity contribution in [1.82, 2.24) is 0 Å². The first-order valence-electron chi connectivity index (χ1n) is 10.6. The Labute approximate surface area is 151 Å². The van der Waals surface area contributed by atoms with E-state index in [1.54, 1.807) is 0 Å². The lowest BCUT2D eigenvalue weighted by molar-refractivity contribution is -0.137. The smallest absolute Gasteiger partial charge is 0.303 e. The van der Waals surface area contributed by atoms with Crippen LogP contribution in [0.5, 0.6) is 0 Å². The monoisotopic (exact) mass is 338 g/mol. The lowest BCUT2D eigenvalue weighted by atomic mass is 10.1. The van der Waals surface area contributed by atoms with Gasteiger partial charge >= 0.3 is 5.97 Å². The molecule has 0 aromatic heterocycles. The molecule has 0 heterocycles. The largest absolute Gasteiger partial charge is 0.481 e. The molecule has 0 aliphatic heterocycles. The molecule has 0 bridgehead atoms. The van der Waals surface area contributed by atoms with E-state index < -0.39 is 5.97 Å². The van der Waals surface area contributed by atoms with Gasteiger partial charge in [0.05, 0.1) is 0 Å². The van der Waals surface area contributed by atoms with E-state index in [0.29, 0.717) is 6.42 Å². The third-order valence-corrected chi connectivity index (χ3v) is 4.65. The fourth-order valence-corrected chi connectivity index (χ4v) is 3.05. The van der Waals surface area contributed by atoms with Gasteiger partial charge in [-0.1, -0.05) is 96.1 Å². The minimum Gasteiger partial charge on any atom is -0.481 e. The van der Waals surface area contributed by atoms with E-state index in [-0.39, 0.29) is 0 Å². The van der Waals surface area contributed by atoms with E-state index in [1.807, 2.05) is 0 Å². The van der Waals surface area contributed by atoms with Gasteiger partial charge < -0.3 is 5.11 Å². The Bertz CT molecular complexity index is 284. The van der Waals surface area contributed by atoms with Gasteiger partial charge in [0, 0.05) is 6.42 Å². The Balaban J connectivity index is 3.07. The maximum absolute atomic E-state index is 10.4. The fraction of sp³-hybridized carbons (Fsp3) is 0.864. The molecule has 2 nitrogen and oxygen atoms in total. The van der Waals surface area contributed by atoms with Crippen molar-refractivity contribution >= 4 is 5.97 Å². The first kappa shape index (κ1) is 23.2. The lowest BCUT2D eigenvalue weighted by Gasteiger charge is -2.01. The number of hydrogen-bond donors (Lipinski definition) is 1. The topological polar surface area (TPSA) is 37.3 Å². The van der Waals surface area contributed by atoms with Crippen LogP contribution in [0.15, 0.2) is 12.2 Å². The summed E-state index contributed by atoms with van der Waals surface area (Å²) in [5.41, 5.74) is 0. The highest BCUT2D eigenvalue weighted by molar-refractivity contribution is 5.66. The molecule has 0 fully saturated rings. The SMILES string of the molecule is CCCCCCCCCCCCCC=CCCCCCCC(=O)O. The molecule has 0 aromatic carbocycles. The summed E-state index contributed by atoms with van der Waals surface area (Å²) in [7, 11) is 0. The second-order valence-corrected chi connectivity index (χ2v) is 7.14. The van der Waals surface area contributed by atoms with Gasteiger partial charge in [0.25, 0.3) is 0 Å². The van der Waals surface area contributed by atoms with Crippen molar-refractivity contribution in [2.24, 2.45) is 0 Å². The molecule has 0 aliphatic rings. The molecule has 0 aliphatic carbocycles. The standard InChI is InChI=1S/C22H42O2/c1-2-3-4-5-6-7-8-9-10-11-12-13-14-15-16-17-18-19-20-21-22(23)24/h14-15H,2-13,16-21H2,1H3,(H,23,24). The van der Waals surface area contributed by atoms with Gasteiger partial charge in [0.2, 0.25) is 0 Å². The van der Waals surface area contributed by atoms with Crippen LogP contribution >= 0.6 is 0 Å². The predicted octanol–water partition coefficient (Wildman–Crippen LogP) is 7.67. The number of allylic oxidation sites excluding steroid dienone is 2. The molecular weight excluding hydrogens is 296 g/mol. The van der Waals surface area contributed by atoms with Crippen molar-refractivity contribution in [3.05, 3.63) is 12.2 Å². The lowest BCUT2D eigenvalue weighted by Crippen LogP contribution is -1.93. The van der Waals surface area contributed by atoms with E-state index in [9.17, 15) is 4.79 Å². The Morgan fingerprint density at radius 3 is 1.42 bits per heavy atom. The van der Waals surface area contributed by atoms with Crippen molar-refractivity contribution in [2.45, 2.75) is 122 Å². The number of carboxylic acid groups (broad SMARTS) is 1. The summed E-state index contributed by atoms with van der Waals surface area (Å²) in [6, 6.07) is 0. The van der Waals surface area contributed by atoms with E-state index in [4.69, 9.17) is 5.11 Å². The molecular formula is C22H42O2. The summed E-state index contributed by atoms with van der Waals surface area (Å²) >= 11 is 0. The van der Waals surface area contributed by atoms with Crippen LogP contribution in [0.3, 0.4) is 0 Å². The maximum Gasteiger partial charge on any atom is 0.303 e. The molecule has 2 heteroatoms. The molecule has 0 atom stereocenters. The average Bonchev–Trinajstić information content (AvgIpc) is 2.56. The molecule has 0 spiro atoms. The molecule has 0 aromatic rings. The van der Waals surface area contributed by atoms with Crippen LogP contribution in [0.4, 0.5) is 0 Å². The van der Waals surface area contributed by atoms with Crippen LogP contribution in [0, 0.1) is 0 Å². The van der Waals surface area contributed by atoms with Crippen LogP contribution in [-0.2, 0) is 4.79 Å². The summed E-state index contributed by atoms with van der Waals surface area (Å²) in [4.78, 5) is 10.4. The Morgan fingerprint density at radius 1 is 0.625 bits per heavy atom. The summed E-state index contributed by atoms with van der Waals surface area (Å²) in [5.74, 6) is -0.665. The van der Waals surface area contributed by atoms with Crippen LogP contribution in [0.1, 0.15) is 122 Å². The second kappa shape index (κ2) is 20.3. The number of carboxylic acids is 1.